The molecule has 35 heavy (non-hydrogen) atoms. The molecule has 1 aromatic carbocycles. The summed E-state index contributed by atoms with van der Waals surface area (Å²) in [7, 11) is 0. The number of carbonyl (C=O) groups excluding carboxylic acids is 3. The van der Waals surface area contributed by atoms with Gasteiger partial charge < -0.3 is 36.6 Å². The van der Waals surface area contributed by atoms with E-state index in [1.165, 1.54) is 6.92 Å². The molecule has 0 radical (unpaired) electrons. The average Bonchev–Trinajstić information content (AvgIpc) is 3.30. The molecule has 1 aliphatic rings. The lowest BCUT2D eigenvalue weighted by Gasteiger charge is -2.29. The first-order valence-electron chi connectivity index (χ1n) is 11.3. The number of hydrogen-bond donors (Lipinski definition) is 6. The van der Waals surface area contributed by atoms with Crippen molar-refractivity contribution in [1.29, 1.82) is 0 Å². The second-order valence-corrected chi connectivity index (χ2v) is 8.54. The lowest BCUT2D eigenvalue weighted by molar-refractivity contribution is -0.150. The van der Waals surface area contributed by atoms with Crippen LogP contribution in [0.15, 0.2) is 30.3 Å². The highest BCUT2D eigenvalue weighted by molar-refractivity contribution is 5.94. The van der Waals surface area contributed by atoms with Crippen LogP contribution in [0, 0.1) is 0 Å². The Kier molecular flexibility index (Phi) is 10.2. The predicted octanol–water partition coefficient (Wildman–Crippen LogP) is -1.15. The SMILES string of the molecule is CC(O)C(NC(=O)C(N)Cc1ccccc1)C(=O)NC(CCC(=O)O)C(=O)N1CCCC1C(=O)O. The fourth-order valence-electron chi connectivity index (χ4n) is 3.90. The Morgan fingerprint density at radius 2 is 1.74 bits per heavy atom. The normalized spacial score (nSPS) is 18.7. The van der Waals surface area contributed by atoms with Crippen molar-refractivity contribution in [3.8, 4) is 0 Å². The number of aliphatic hydroxyl groups is 1. The highest BCUT2D eigenvalue weighted by atomic mass is 16.4. The summed E-state index contributed by atoms with van der Waals surface area (Å²) in [4.78, 5) is 62.2. The Morgan fingerprint density at radius 3 is 2.31 bits per heavy atom. The first kappa shape index (κ1) is 27.7. The Balaban J connectivity index is 2.11. The predicted molar refractivity (Wildman–Crippen MR) is 123 cm³/mol. The molecule has 1 saturated heterocycles. The molecule has 1 aromatic rings. The molecule has 1 aliphatic heterocycles. The molecule has 7 N–H and O–H groups in total. The van der Waals surface area contributed by atoms with Gasteiger partial charge in [0.05, 0.1) is 12.1 Å². The summed E-state index contributed by atoms with van der Waals surface area (Å²) >= 11 is 0. The molecule has 0 aromatic heterocycles. The van der Waals surface area contributed by atoms with Crippen LogP contribution in [0.3, 0.4) is 0 Å². The largest absolute Gasteiger partial charge is 0.481 e. The summed E-state index contributed by atoms with van der Waals surface area (Å²) in [6, 6.07) is 4.04. The zero-order valence-electron chi connectivity index (χ0n) is 19.4. The van der Waals surface area contributed by atoms with Crippen LogP contribution in [0.4, 0.5) is 0 Å². The number of likely N-dealkylation sites (tertiary alicyclic amines) is 1. The van der Waals surface area contributed by atoms with Crippen molar-refractivity contribution in [1.82, 2.24) is 15.5 Å². The third-order valence-corrected chi connectivity index (χ3v) is 5.78. The summed E-state index contributed by atoms with van der Waals surface area (Å²) in [5.41, 5.74) is 6.74. The molecule has 1 heterocycles. The van der Waals surface area contributed by atoms with Gasteiger partial charge in [-0.15, -0.1) is 0 Å². The van der Waals surface area contributed by atoms with Crippen LogP contribution >= 0.6 is 0 Å². The van der Waals surface area contributed by atoms with E-state index < -0.39 is 66.4 Å². The van der Waals surface area contributed by atoms with Crippen molar-refractivity contribution in [3.05, 3.63) is 35.9 Å². The maximum atomic E-state index is 13.0. The topological polar surface area (TPSA) is 199 Å². The van der Waals surface area contributed by atoms with Crippen molar-refractivity contribution in [2.24, 2.45) is 5.73 Å². The average molecular weight is 493 g/mol. The van der Waals surface area contributed by atoms with Gasteiger partial charge in [-0.25, -0.2) is 4.79 Å². The van der Waals surface area contributed by atoms with Crippen molar-refractivity contribution >= 4 is 29.7 Å². The second kappa shape index (κ2) is 12.8. The Bertz CT molecular complexity index is 923. The molecule has 5 atom stereocenters. The smallest absolute Gasteiger partial charge is 0.326 e. The first-order valence-corrected chi connectivity index (χ1v) is 11.3. The van der Waals surface area contributed by atoms with Crippen molar-refractivity contribution < 1.29 is 39.3 Å². The lowest BCUT2D eigenvalue weighted by Crippen LogP contribution is -2.60. The summed E-state index contributed by atoms with van der Waals surface area (Å²) < 4.78 is 0. The number of nitrogens with two attached hydrogens (primary N) is 1. The van der Waals surface area contributed by atoms with E-state index in [2.05, 4.69) is 10.6 Å². The van der Waals surface area contributed by atoms with Gasteiger partial charge in [0.15, 0.2) is 0 Å². The van der Waals surface area contributed by atoms with Gasteiger partial charge in [0.2, 0.25) is 17.7 Å². The third-order valence-electron chi connectivity index (χ3n) is 5.78. The zero-order chi connectivity index (χ0) is 26.1. The summed E-state index contributed by atoms with van der Waals surface area (Å²) in [5.74, 6) is -4.76. The van der Waals surface area contributed by atoms with Crippen LogP contribution in [-0.2, 0) is 30.4 Å². The summed E-state index contributed by atoms with van der Waals surface area (Å²) in [5, 5.41) is 33.3. The fraction of sp³-hybridized carbons (Fsp3) is 0.522. The Labute approximate surface area is 202 Å². The van der Waals surface area contributed by atoms with Gasteiger partial charge in [0, 0.05) is 13.0 Å². The quantitative estimate of drug-likeness (QED) is 0.208. The highest BCUT2D eigenvalue weighted by Crippen LogP contribution is 2.20. The van der Waals surface area contributed by atoms with Gasteiger partial charge in [-0.3, -0.25) is 19.2 Å². The number of nitrogens with one attached hydrogen (secondary N) is 2. The van der Waals surface area contributed by atoms with Gasteiger partial charge >= 0.3 is 11.9 Å². The van der Waals surface area contributed by atoms with E-state index in [1.54, 1.807) is 24.3 Å². The minimum Gasteiger partial charge on any atom is -0.481 e. The minimum atomic E-state index is -1.47. The first-order chi connectivity index (χ1) is 16.5. The molecule has 12 heteroatoms. The van der Waals surface area contributed by atoms with E-state index in [4.69, 9.17) is 10.8 Å². The van der Waals surface area contributed by atoms with Gasteiger partial charge in [0.1, 0.15) is 18.1 Å². The standard InChI is InChI=1S/C23H32N4O8/c1-13(28)19(26-20(31)15(24)12-14-6-3-2-4-7-14)21(32)25-16(9-10-18(29)30)22(33)27-11-5-8-17(27)23(34)35/h2-4,6-7,13,15-17,19,28H,5,8-12,24H2,1H3,(H,25,32)(H,26,31)(H,29,30)(H,34,35). The van der Waals surface area contributed by atoms with Crippen LogP contribution < -0.4 is 16.4 Å². The molecule has 0 bridgehead atoms. The molecule has 0 aliphatic carbocycles. The zero-order valence-corrected chi connectivity index (χ0v) is 19.4. The van der Waals surface area contributed by atoms with Crippen molar-refractivity contribution in [2.45, 2.75) is 69.3 Å². The number of amides is 3. The molecular weight excluding hydrogens is 460 g/mol. The second-order valence-electron chi connectivity index (χ2n) is 8.54. The van der Waals surface area contributed by atoms with E-state index in [0.717, 1.165) is 10.5 Å². The van der Waals surface area contributed by atoms with Crippen LogP contribution in [0.25, 0.3) is 0 Å². The number of hydrogen-bond acceptors (Lipinski definition) is 7. The Hall–Kier alpha value is -3.51. The molecule has 2 rings (SSSR count). The number of carboxylic acid groups (broad SMARTS) is 2. The van der Waals surface area contributed by atoms with Crippen molar-refractivity contribution in [2.75, 3.05) is 6.54 Å². The molecule has 1 fully saturated rings. The molecular formula is C23H32N4O8. The van der Waals surface area contributed by atoms with E-state index in [9.17, 15) is 34.2 Å². The number of nitrogens with zero attached hydrogens (tertiary/aromatic N) is 1. The molecule has 0 saturated carbocycles. The van der Waals surface area contributed by atoms with Gasteiger partial charge in [-0.1, -0.05) is 30.3 Å². The van der Waals surface area contributed by atoms with Gasteiger partial charge in [0.25, 0.3) is 0 Å². The number of aliphatic hydroxyl groups excluding tert-OH is 1. The highest BCUT2D eigenvalue weighted by Gasteiger charge is 2.39. The van der Waals surface area contributed by atoms with Gasteiger partial charge in [-0.05, 0) is 38.2 Å². The molecule has 192 valence electrons. The van der Waals surface area contributed by atoms with E-state index in [-0.39, 0.29) is 25.8 Å². The van der Waals surface area contributed by atoms with E-state index in [1.807, 2.05) is 6.07 Å². The van der Waals surface area contributed by atoms with Crippen LogP contribution in [-0.4, -0.2) is 86.7 Å². The van der Waals surface area contributed by atoms with Crippen molar-refractivity contribution in [3.63, 3.8) is 0 Å². The van der Waals surface area contributed by atoms with Crippen LogP contribution in [0.1, 0.15) is 38.2 Å². The monoisotopic (exact) mass is 492 g/mol. The molecule has 12 nitrogen and oxygen atoms in total. The minimum absolute atomic E-state index is 0.153. The number of rotatable bonds is 12. The van der Waals surface area contributed by atoms with Crippen LogP contribution in [0.5, 0.6) is 0 Å². The maximum absolute atomic E-state index is 13.0. The van der Waals surface area contributed by atoms with Gasteiger partial charge in [-0.2, -0.15) is 0 Å². The Morgan fingerprint density at radius 1 is 1.09 bits per heavy atom. The number of aliphatic carboxylic acids is 2. The van der Waals surface area contributed by atoms with E-state index in [0.29, 0.717) is 6.42 Å². The molecule has 0 spiro atoms. The van der Waals surface area contributed by atoms with E-state index >= 15 is 0 Å². The third kappa shape index (κ3) is 8.04. The fourth-order valence-corrected chi connectivity index (χ4v) is 3.90. The number of carboxylic acids is 2. The van der Waals surface area contributed by atoms with Crippen LogP contribution in [0.2, 0.25) is 0 Å². The number of benzene rings is 1. The molecule has 5 unspecified atom stereocenters. The summed E-state index contributed by atoms with van der Waals surface area (Å²) in [6.07, 6.45) is -1.24. The summed E-state index contributed by atoms with van der Waals surface area (Å²) in [6.45, 7) is 1.42. The lowest BCUT2D eigenvalue weighted by atomic mass is 10.0. The maximum Gasteiger partial charge on any atom is 0.326 e. The molecule has 3 amide bonds. The number of carbonyl (C=O) groups is 5.